The lowest BCUT2D eigenvalue weighted by atomic mass is 10.2. The molecule has 0 saturated carbocycles. The number of rotatable bonds is 3. The van der Waals surface area contributed by atoms with Crippen molar-refractivity contribution < 1.29 is 13.9 Å². The summed E-state index contributed by atoms with van der Waals surface area (Å²) in [7, 11) is 0. The predicted molar refractivity (Wildman–Crippen MR) is 70.3 cm³/mol. The van der Waals surface area contributed by atoms with E-state index in [9.17, 15) is 4.39 Å². The van der Waals surface area contributed by atoms with Crippen molar-refractivity contribution in [2.75, 3.05) is 6.79 Å². The maximum absolute atomic E-state index is 12.7. The summed E-state index contributed by atoms with van der Waals surface area (Å²) in [4.78, 5) is 4.32. The molecule has 0 unspecified atom stereocenters. The quantitative estimate of drug-likeness (QED) is 0.791. The van der Waals surface area contributed by atoms with Crippen molar-refractivity contribution >= 4 is 6.21 Å². The van der Waals surface area contributed by atoms with Crippen LogP contribution in [0, 0.1) is 5.82 Å². The molecule has 0 atom stereocenters. The van der Waals surface area contributed by atoms with Gasteiger partial charge in [0.1, 0.15) is 5.82 Å². The first-order valence-electron chi connectivity index (χ1n) is 5.95. The zero-order valence-electron chi connectivity index (χ0n) is 10.2. The van der Waals surface area contributed by atoms with Crippen molar-refractivity contribution in [3.8, 4) is 11.5 Å². The molecule has 19 heavy (non-hydrogen) atoms. The van der Waals surface area contributed by atoms with Gasteiger partial charge in [-0.3, -0.25) is 4.99 Å². The van der Waals surface area contributed by atoms with Crippen molar-refractivity contribution in [2.24, 2.45) is 4.99 Å². The second kappa shape index (κ2) is 5.10. The van der Waals surface area contributed by atoms with E-state index in [4.69, 9.17) is 9.47 Å². The van der Waals surface area contributed by atoms with Crippen LogP contribution in [-0.4, -0.2) is 13.0 Å². The highest BCUT2D eigenvalue weighted by Gasteiger charge is 2.12. The van der Waals surface area contributed by atoms with Crippen molar-refractivity contribution in [3.63, 3.8) is 0 Å². The number of fused-ring (bicyclic) bond motifs is 1. The van der Waals surface area contributed by atoms with Crippen LogP contribution in [0.2, 0.25) is 0 Å². The van der Waals surface area contributed by atoms with Gasteiger partial charge in [0.05, 0.1) is 6.54 Å². The average molecular weight is 257 g/mol. The first kappa shape index (κ1) is 11.7. The Morgan fingerprint density at radius 2 is 1.84 bits per heavy atom. The van der Waals surface area contributed by atoms with E-state index < -0.39 is 0 Å². The number of hydrogen-bond acceptors (Lipinski definition) is 3. The summed E-state index contributed by atoms with van der Waals surface area (Å²) in [5.74, 6) is 1.27. The van der Waals surface area contributed by atoms with Crippen LogP contribution in [-0.2, 0) is 6.54 Å². The van der Waals surface area contributed by atoms with Gasteiger partial charge in [-0.2, -0.15) is 0 Å². The molecule has 1 heterocycles. The van der Waals surface area contributed by atoms with Crippen molar-refractivity contribution in [1.82, 2.24) is 0 Å². The SMILES string of the molecule is Fc1ccc(CN=Cc2ccc3c(c2)OCO3)cc1. The monoisotopic (exact) mass is 257 g/mol. The molecule has 1 aliphatic heterocycles. The van der Waals surface area contributed by atoms with Crippen LogP contribution in [0.1, 0.15) is 11.1 Å². The Morgan fingerprint density at radius 3 is 2.68 bits per heavy atom. The number of halogens is 1. The van der Waals surface area contributed by atoms with Gasteiger partial charge >= 0.3 is 0 Å². The molecule has 4 heteroatoms. The van der Waals surface area contributed by atoms with Crippen LogP contribution in [0.4, 0.5) is 4.39 Å². The van der Waals surface area contributed by atoms with Gasteiger partial charge in [-0.1, -0.05) is 12.1 Å². The van der Waals surface area contributed by atoms with E-state index in [1.807, 2.05) is 18.2 Å². The van der Waals surface area contributed by atoms with Gasteiger partial charge in [-0.05, 0) is 41.5 Å². The molecule has 0 saturated heterocycles. The maximum atomic E-state index is 12.7. The molecule has 0 amide bonds. The molecule has 3 rings (SSSR count). The van der Waals surface area contributed by atoms with Crippen LogP contribution in [0.25, 0.3) is 0 Å². The Balaban J connectivity index is 1.67. The van der Waals surface area contributed by atoms with Crippen LogP contribution in [0.3, 0.4) is 0 Å². The molecule has 0 aromatic heterocycles. The van der Waals surface area contributed by atoms with Gasteiger partial charge in [-0.15, -0.1) is 0 Å². The fraction of sp³-hybridized carbons (Fsp3) is 0.133. The van der Waals surface area contributed by atoms with Crippen molar-refractivity contribution in [3.05, 3.63) is 59.4 Å². The Hall–Kier alpha value is -2.36. The largest absolute Gasteiger partial charge is 0.454 e. The number of benzene rings is 2. The highest BCUT2D eigenvalue weighted by molar-refractivity contribution is 5.81. The van der Waals surface area contributed by atoms with Gasteiger partial charge in [-0.25, -0.2) is 4.39 Å². The molecule has 0 radical (unpaired) electrons. The molecular weight excluding hydrogens is 245 g/mol. The average Bonchev–Trinajstić information content (AvgIpc) is 2.88. The summed E-state index contributed by atoms with van der Waals surface area (Å²) in [6.07, 6.45) is 1.77. The zero-order chi connectivity index (χ0) is 13.1. The standard InChI is InChI=1S/C15H12FNO2/c16-13-4-1-11(2-5-13)8-17-9-12-3-6-14-15(7-12)19-10-18-14/h1-7,9H,8,10H2. The molecule has 0 spiro atoms. The van der Waals surface area contributed by atoms with E-state index in [2.05, 4.69) is 4.99 Å². The molecule has 0 bridgehead atoms. The highest BCUT2D eigenvalue weighted by atomic mass is 19.1. The van der Waals surface area contributed by atoms with E-state index in [-0.39, 0.29) is 12.6 Å². The minimum Gasteiger partial charge on any atom is -0.454 e. The summed E-state index contributed by atoms with van der Waals surface area (Å²) in [5, 5.41) is 0. The summed E-state index contributed by atoms with van der Waals surface area (Å²) in [5.41, 5.74) is 1.92. The maximum Gasteiger partial charge on any atom is 0.231 e. The summed E-state index contributed by atoms with van der Waals surface area (Å²) in [6, 6.07) is 12.0. The topological polar surface area (TPSA) is 30.8 Å². The van der Waals surface area contributed by atoms with Crippen LogP contribution in [0.15, 0.2) is 47.5 Å². The van der Waals surface area contributed by atoms with Crippen LogP contribution >= 0.6 is 0 Å². The smallest absolute Gasteiger partial charge is 0.231 e. The number of ether oxygens (including phenoxy) is 2. The molecule has 2 aromatic rings. The Labute approximate surface area is 110 Å². The Morgan fingerprint density at radius 1 is 1.05 bits per heavy atom. The second-order valence-electron chi connectivity index (χ2n) is 4.21. The van der Waals surface area contributed by atoms with E-state index in [1.165, 1.54) is 12.1 Å². The third-order valence-electron chi connectivity index (χ3n) is 2.82. The lowest BCUT2D eigenvalue weighted by molar-refractivity contribution is 0.174. The van der Waals surface area contributed by atoms with Gasteiger partial charge < -0.3 is 9.47 Å². The minimum absolute atomic E-state index is 0.233. The fourth-order valence-electron chi connectivity index (χ4n) is 1.84. The van der Waals surface area contributed by atoms with Crippen LogP contribution < -0.4 is 9.47 Å². The molecule has 2 aromatic carbocycles. The third-order valence-corrected chi connectivity index (χ3v) is 2.82. The molecule has 0 N–H and O–H groups in total. The molecule has 96 valence electrons. The summed E-state index contributed by atoms with van der Waals surface area (Å²) in [6.45, 7) is 0.792. The molecular formula is C15H12FNO2. The first-order chi connectivity index (χ1) is 9.31. The third kappa shape index (κ3) is 2.73. The second-order valence-corrected chi connectivity index (χ2v) is 4.21. The van der Waals surface area contributed by atoms with E-state index in [0.29, 0.717) is 6.54 Å². The predicted octanol–water partition coefficient (Wildman–Crippen LogP) is 3.17. The fourth-order valence-corrected chi connectivity index (χ4v) is 1.84. The number of nitrogens with zero attached hydrogens (tertiary/aromatic N) is 1. The van der Waals surface area contributed by atoms with E-state index in [0.717, 1.165) is 22.6 Å². The van der Waals surface area contributed by atoms with E-state index >= 15 is 0 Å². The first-order valence-corrected chi connectivity index (χ1v) is 5.95. The lowest BCUT2D eigenvalue weighted by Gasteiger charge is -1.98. The zero-order valence-corrected chi connectivity index (χ0v) is 10.2. The number of aliphatic imine (C=N–C) groups is 1. The van der Waals surface area contributed by atoms with Gasteiger partial charge in [0, 0.05) is 6.21 Å². The number of hydrogen-bond donors (Lipinski definition) is 0. The van der Waals surface area contributed by atoms with E-state index in [1.54, 1.807) is 18.3 Å². The molecule has 1 aliphatic rings. The van der Waals surface area contributed by atoms with Crippen molar-refractivity contribution in [1.29, 1.82) is 0 Å². The van der Waals surface area contributed by atoms with Crippen LogP contribution in [0.5, 0.6) is 11.5 Å². The normalized spacial score (nSPS) is 13.1. The minimum atomic E-state index is -0.233. The molecule has 0 aliphatic carbocycles. The highest BCUT2D eigenvalue weighted by Crippen LogP contribution is 2.31. The summed E-state index contributed by atoms with van der Waals surface area (Å²) >= 11 is 0. The van der Waals surface area contributed by atoms with Gasteiger partial charge in [0.15, 0.2) is 11.5 Å². The Bertz CT molecular complexity index is 608. The summed E-state index contributed by atoms with van der Waals surface area (Å²) < 4.78 is 23.3. The molecule has 3 nitrogen and oxygen atoms in total. The molecule has 0 fully saturated rings. The van der Waals surface area contributed by atoms with Gasteiger partial charge in [0.25, 0.3) is 0 Å². The lowest BCUT2D eigenvalue weighted by Crippen LogP contribution is -1.92. The Kier molecular flexibility index (Phi) is 3.14. The van der Waals surface area contributed by atoms with Gasteiger partial charge in [0.2, 0.25) is 6.79 Å². The van der Waals surface area contributed by atoms with Crippen molar-refractivity contribution in [2.45, 2.75) is 6.54 Å².